The first-order valence-electron chi connectivity index (χ1n) is 4.44. The van der Waals surface area contributed by atoms with Crippen molar-refractivity contribution >= 4 is 0 Å². The van der Waals surface area contributed by atoms with Crippen LogP contribution in [0, 0.1) is 5.21 Å². The maximum atomic E-state index is 10.2. The molecule has 0 saturated heterocycles. The minimum atomic E-state index is -0.332. The Labute approximate surface area is 77.8 Å². The standard InChI is InChI=1S/C6H18N5O2/c7-3-1-5-10(6-2-4-8)11(13)9-12/h9,13H,1-8H2/q-1/p+2. The van der Waals surface area contributed by atoms with Crippen LogP contribution in [0.2, 0.25) is 0 Å². The van der Waals surface area contributed by atoms with E-state index in [0.717, 1.165) is 19.4 Å². The van der Waals surface area contributed by atoms with E-state index in [-0.39, 0.29) is 5.28 Å². The highest BCUT2D eigenvalue weighted by molar-refractivity contribution is 4.46. The van der Waals surface area contributed by atoms with E-state index in [1.54, 1.807) is 5.01 Å². The van der Waals surface area contributed by atoms with E-state index >= 15 is 0 Å². The number of hydrogen-bond acceptors (Lipinski definition) is 5. The molecule has 7 nitrogen and oxygen atoms in total. The highest BCUT2D eigenvalue weighted by Crippen LogP contribution is 1.83. The van der Waals surface area contributed by atoms with Gasteiger partial charge in [-0.2, -0.15) is 10.8 Å². The number of nitrogens with one attached hydrogen (secondary N) is 2. The predicted molar refractivity (Wildman–Crippen MR) is 46.9 cm³/mol. The fourth-order valence-corrected chi connectivity index (χ4v) is 0.973. The van der Waals surface area contributed by atoms with Crippen LogP contribution in [0.4, 0.5) is 0 Å². The van der Waals surface area contributed by atoms with Crippen molar-refractivity contribution in [1.82, 2.24) is 10.6 Å². The first-order valence-corrected chi connectivity index (χ1v) is 4.44. The van der Waals surface area contributed by atoms with Crippen molar-refractivity contribution in [3.8, 4) is 0 Å². The Balaban J connectivity index is 3.72. The van der Waals surface area contributed by atoms with Gasteiger partial charge in [0.1, 0.15) is 0 Å². The molecule has 0 fully saturated rings. The van der Waals surface area contributed by atoms with E-state index < -0.39 is 0 Å². The van der Waals surface area contributed by atoms with Crippen molar-refractivity contribution in [2.75, 3.05) is 26.2 Å². The van der Waals surface area contributed by atoms with Crippen LogP contribution in [0.1, 0.15) is 12.8 Å². The van der Waals surface area contributed by atoms with E-state index in [4.69, 9.17) is 10.9 Å². The average molecular weight is 194 g/mol. The van der Waals surface area contributed by atoms with Crippen LogP contribution < -0.4 is 22.3 Å². The molecule has 0 saturated carbocycles. The molecule has 0 heterocycles. The monoisotopic (exact) mass is 194 g/mol. The Kier molecular flexibility index (Phi) is 8.14. The molecule has 0 aliphatic rings. The van der Waals surface area contributed by atoms with E-state index in [9.17, 15) is 5.21 Å². The topological polar surface area (TPSA) is 117 Å². The molecule has 8 N–H and O–H groups in total. The smallest absolute Gasteiger partial charge is 0.0754 e. The van der Waals surface area contributed by atoms with Gasteiger partial charge in [0.25, 0.3) is 0 Å². The quantitative estimate of drug-likeness (QED) is 0.257. The molecular weight excluding hydrogens is 174 g/mol. The van der Waals surface area contributed by atoms with Gasteiger partial charge in [-0.05, 0) is 13.0 Å². The zero-order valence-electron chi connectivity index (χ0n) is 7.83. The van der Waals surface area contributed by atoms with Crippen LogP contribution in [-0.4, -0.2) is 36.4 Å². The van der Waals surface area contributed by atoms with E-state index in [2.05, 4.69) is 5.73 Å². The van der Waals surface area contributed by atoms with Crippen LogP contribution >= 0.6 is 0 Å². The molecule has 0 amide bonds. The largest absolute Gasteiger partial charge is 0.738 e. The van der Waals surface area contributed by atoms with Gasteiger partial charge < -0.3 is 16.7 Å². The molecule has 0 aromatic heterocycles. The SMILES string of the molecule is NCCCN(CCC[NH3+])[NH+](O)N[O-]. The third kappa shape index (κ3) is 5.88. The Morgan fingerprint density at radius 2 is 2.08 bits per heavy atom. The Morgan fingerprint density at radius 1 is 1.46 bits per heavy atom. The van der Waals surface area contributed by atoms with Crippen molar-refractivity contribution in [2.24, 2.45) is 5.73 Å². The van der Waals surface area contributed by atoms with E-state index in [1.165, 1.54) is 5.59 Å². The lowest BCUT2D eigenvalue weighted by molar-refractivity contribution is -1.21. The van der Waals surface area contributed by atoms with Gasteiger partial charge >= 0.3 is 0 Å². The molecular formula is C6H20N5O2+. The van der Waals surface area contributed by atoms with Gasteiger partial charge in [-0.25, -0.2) is 0 Å². The summed E-state index contributed by atoms with van der Waals surface area (Å²) in [6, 6.07) is 0. The summed E-state index contributed by atoms with van der Waals surface area (Å²) in [6.07, 6.45) is 1.60. The fraction of sp³-hybridized carbons (Fsp3) is 1.00. The minimum Gasteiger partial charge on any atom is -0.738 e. The molecule has 1 unspecified atom stereocenters. The summed E-state index contributed by atoms with van der Waals surface area (Å²) >= 11 is 0. The molecule has 0 radical (unpaired) electrons. The summed E-state index contributed by atoms with van der Waals surface area (Å²) < 4.78 is 0. The van der Waals surface area contributed by atoms with Crippen LogP contribution in [0.25, 0.3) is 0 Å². The maximum Gasteiger partial charge on any atom is 0.0754 e. The molecule has 0 rings (SSSR count). The second-order valence-corrected chi connectivity index (χ2v) is 2.76. The van der Waals surface area contributed by atoms with Crippen LogP contribution in [-0.2, 0) is 0 Å². The Morgan fingerprint density at radius 3 is 2.54 bits per heavy atom. The third-order valence-corrected chi connectivity index (χ3v) is 1.70. The second-order valence-electron chi connectivity index (χ2n) is 2.76. The Hall–Kier alpha value is -0.280. The summed E-state index contributed by atoms with van der Waals surface area (Å²) in [7, 11) is 0. The number of nitrogens with two attached hydrogens (primary N) is 1. The van der Waals surface area contributed by atoms with Crippen molar-refractivity contribution < 1.29 is 16.2 Å². The van der Waals surface area contributed by atoms with E-state index in [1.807, 2.05) is 0 Å². The molecule has 1 atom stereocenters. The lowest BCUT2D eigenvalue weighted by atomic mass is 10.4. The van der Waals surface area contributed by atoms with Crippen LogP contribution in [0.5, 0.6) is 0 Å². The zero-order chi connectivity index (χ0) is 10.1. The highest BCUT2D eigenvalue weighted by Gasteiger charge is 2.13. The number of rotatable bonds is 8. The average Bonchev–Trinajstić information content (AvgIpc) is 2.17. The zero-order valence-corrected chi connectivity index (χ0v) is 7.83. The summed E-state index contributed by atoms with van der Waals surface area (Å²) in [4.78, 5) is 0. The number of hydrogen-bond donors (Lipinski definition) is 5. The molecule has 0 aromatic carbocycles. The molecule has 0 bridgehead atoms. The minimum absolute atomic E-state index is 0.332. The van der Waals surface area contributed by atoms with Gasteiger partial charge in [0, 0.05) is 6.42 Å². The lowest BCUT2D eigenvalue weighted by Crippen LogP contribution is -3.21. The molecule has 7 heteroatoms. The van der Waals surface area contributed by atoms with Gasteiger partial charge in [0.2, 0.25) is 0 Å². The molecule has 0 spiro atoms. The summed E-state index contributed by atoms with van der Waals surface area (Å²) in [6.45, 7) is 2.56. The predicted octanol–water partition coefficient (Wildman–Crippen LogP) is -3.54. The van der Waals surface area contributed by atoms with Crippen molar-refractivity contribution in [3.63, 3.8) is 0 Å². The highest BCUT2D eigenvalue weighted by atomic mass is 16.7. The summed E-state index contributed by atoms with van der Waals surface area (Å²) in [5.41, 5.74) is 10.5. The van der Waals surface area contributed by atoms with E-state index in [0.29, 0.717) is 19.6 Å². The van der Waals surface area contributed by atoms with Gasteiger partial charge in [-0.15, -0.1) is 5.01 Å². The fourth-order valence-electron chi connectivity index (χ4n) is 0.973. The summed E-state index contributed by atoms with van der Waals surface area (Å²) in [5, 5.41) is 20.5. The third-order valence-electron chi connectivity index (χ3n) is 1.70. The molecule has 80 valence electrons. The van der Waals surface area contributed by atoms with Gasteiger partial charge in [-0.3, -0.25) is 0 Å². The van der Waals surface area contributed by atoms with Crippen molar-refractivity contribution in [2.45, 2.75) is 12.8 Å². The lowest BCUT2D eigenvalue weighted by Gasteiger charge is -2.25. The molecule has 0 aromatic rings. The number of nitrogens with zero attached hydrogens (tertiary/aromatic N) is 1. The van der Waals surface area contributed by atoms with Crippen LogP contribution in [0.3, 0.4) is 0 Å². The van der Waals surface area contributed by atoms with Gasteiger partial charge in [0.05, 0.1) is 19.6 Å². The molecule has 0 aliphatic carbocycles. The second kappa shape index (κ2) is 8.32. The van der Waals surface area contributed by atoms with Gasteiger partial charge in [-0.1, -0.05) is 5.28 Å². The normalized spacial score (nSPS) is 13.6. The number of quaternary nitrogens is 2. The summed E-state index contributed by atoms with van der Waals surface area (Å²) in [5.74, 6) is 0. The van der Waals surface area contributed by atoms with Crippen molar-refractivity contribution in [3.05, 3.63) is 5.21 Å². The molecule has 13 heavy (non-hydrogen) atoms. The molecule has 0 aliphatic heterocycles. The van der Waals surface area contributed by atoms with Crippen LogP contribution in [0.15, 0.2) is 0 Å². The van der Waals surface area contributed by atoms with Gasteiger partial charge in [0.15, 0.2) is 0 Å². The maximum absolute atomic E-state index is 10.2. The first kappa shape index (κ1) is 12.7. The van der Waals surface area contributed by atoms with Crippen molar-refractivity contribution in [1.29, 1.82) is 0 Å². The first-order chi connectivity index (χ1) is 6.26. The Bertz CT molecular complexity index is 107.